The summed E-state index contributed by atoms with van der Waals surface area (Å²) in [6, 6.07) is 11.7. The molecule has 0 atom stereocenters. The fourth-order valence-electron chi connectivity index (χ4n) is 2.00. The molecule has 0 saturated carbocycles. The molecule has 4 nitrogen and oxygen atoms in total. The summed E-state index contributed by atoms with van der Waals surface area (Å²) >= 11 is 6.10. The van der Waals surface area contributed by atoms with Gasteiger partial charge in [-0.2, -0.15) is 0 Å². The third-order valence-corrected chi connectivity index (χ3v) is 4.58. The van der Waals surface area contributed by atoms with E-state index in [-0.39, 0.29) is 10.6 Å². The Hall–Kier alpha value is -1.56. The van der Waals surface area contributed by atoms with Crippen molar-refractivity contribution in [2.24, 2.45) is 0 Å². The molecule has 0 aliphatic carbocycles. The summed E-state index contributed by atoms with van der Waals surface area (Å²) in [6.07, 6.45) is 1.17. The van der Waals surface area contributed by atoms with E-state index in [1.54, 1.807) is 42.5 Å². The van der Waals surface area contributed by atoms with Crippen LogP contribution >= 0.6 is 11.6 Å². The van der Waals surface area contributed by atoms with Gasteiger partial charge in [0.25, 0.3) is 0 Å². The van der Waals surface area contributed by atoms with Gasteiger partial charge < -0.3 is 10.4 Å². The Morgan fingerprint density at radius 3 is 2.38 bits per heavy atom. The number of nitrogens with one attached hydrogen (secondary N) is 1. The van der Waals surface area contributed by atoms with Crippen molar-refractivity contribution in [2.75, 3.05) is 6.26 Å². The summed E-state index contributed by atoms with van der Waals surface area (Å²) in [4.78, 5) is 0.244. The van der Waals surface area contributed by atoms with Crippen LogP contribution in [0.3, 0.4) is 0 Å². The number of benzene rings is 2. The first-order valence-corrected chi connectivity index (χ1v) is 8.61. The monoisotopic (exact) mass is 325 g/mol. The molecule has 21 heavy (non-hydrogen) atoms. The van der Waals surface area contributed by atoms with E-state index in [4.69, 9.17) is 11.6 Å². The van der Waals surface area contributed by atoms with Gasteiger partial charge in [-0.15, -0.1) is 0 Å². The minimum atomic E-state index is -3.31. The molecule has 0 aliphatic rings. The molecule has 0 saturated heterocycles. The fourth-order valence-corrected chi connectivity index (χ4v) is 3.26. The van der Waals surface area contributed by atoms with E-state index >= 15 is 0 Å². The molecule has 2 N–H and O–H groups in total. The zero-order chi connectivity index (χ0) is 15.5. The molecular formula is C15H16ClNO3S. The maximum absolute atomic E-state index is 11.8. The molecule has 0 spiro atoms. The number of halogens is 1. The Bertz CT molecular complexity index is 727. The van der Waals surface area contributed by atoms with Crippen LogP contribution in [0.4, 0.5) is 0 Å². The largest absolute Gasteiger partial charge is 0.508 e. The number of hydrogen-bond acceptors (Lipinski definition) is 4. The van der Waals surface area contributed by atoms with Crippen molar-refractivity contribution in [3.63, 3.8) is 0 Å². The highest BCUT2D eigenvalue weighted by Crippen LogP contribution is 2.24. The van der Waals surface area contributed by atoms with E-state index in [1.807, 2.05) is 0 Å². The number of hydrogen-bond donors (Lipinski definition) is 2. The van der Waals surface area contributed by atoms with Gasteiger partial charge in [-0.05, 0) is 29.8 Å². The van der Waals surface area contributed by atoms with E-state index in [9.17, 15) is 13.5 Å². The molecule has 112 valence electrons. The molecule has 2 rings (SSSR count). The number of rotatable bonds is 5. The molecule has 6 heteroatoms. The van der Waals surface area contributed by atoms with E-state index in [2.05, 4.69) is 5.32 Å². The van der Waals surface area contributed by atoms with Gasteiger partial charge >= 0.3 is 0 Å². The van der Waals surface area contributed by atoms with E-state index < -0.39 is 9.84 Å². The fraction of sp³-hybridized carbons (Fsp3) is 0.200. The standard InChI is InChI=1S/C15H16ClNO3S/c1-21(19,20)15-4-2-3-14(16)13(15)10-17-9-11-5-7-12(18)8-6-11/h2-8,17-18H,9-10H2,1H3. The summed E-state index contributed by atoms with van der Waals surface area (Å²) in [5, 5.41) is 12.8. The minimum Gasteiger partial charge on any atom is -0.508 e. The third kappa shape index (κ3) is 4.20. The summed E-state index contributed by atoms with van der Waals surface area (Å²) in [7, 11) is -3.31. The quantitative estimate of drug-likeness (QED) is 0.887. The lowest BCUT2D eigenvalue weighted by Gasteiger charge is -2.11. The molecular weight excluding hydrogens is 310 g/mol. The first-order chi connectivity index (χ1) is 9.88. The van der Waals surface area contributed by atoms with E-state index in [0.29, 0.717) is 23.7 Å². The molecule has 0 aliphatic heterocycles. The maximum atomic E-state index is 11.8. The Kier molecular flexibility index (Phi) is 4.88. The summed E-state index contributed by atoms with van der Waals surface area (Å²) in [6.45, 7) is 0.900. The average molecular weight is 326 g/mol. The second kappa shape index (κ2) is 6.47. The SMILES string of the molecule is CS(=O)(=O)c1cccc(Cl)c1CNCc1ccc(O)cc1. The lowest BCUT2D eigenvalue weighted by molar-refractivity contribution is 0.475. The van der Waals surface area contributed by atoms with Crippen molar-refractivity contribution >= 4 is 21.4 Å². The molecule has 0 fully saturated rings. The number of phenols is 1. The van der Waals surface area contributed by atoms with Gasteiger partial charge in [-0.25, -0.2) is 8.42 Å². The predicted molar refractivity (Wildman–Crippen MR) is 83.2 cm³/mol. The Morgan fingerprint density at radius 2 is 1.76 bits per heavy atom. The zero-order valence-electron chi connectivity index (χ0n) is 11.5. The van der Waals surface area contributed by atoms with Gasteiger partial charge in [-0.1, -0.05) is 29.8 Å². The number of phenolic OH excluding ortho intramolecular Hbond substituents is 1. The molecule has 0 unspecified atom stereocenters. The maximum Gasteiger partial charge on any atom is 0.175 e. The van der Waals surface area contributed by atoms with Gasteiger partial charge in [0.05, 0.1) is 4.90 Å². The van der Waals surface area contributed by atoms with Crippen LogP contribution in [-0.4, -0.2) is 19.8 Å². The average Bonchev–Trinajstić information content (AvgIpc) is 2.41. The van der Waals surface area contributed by atoms with Crippen molar-refractivity contribution < 1.29 is 13.5 Å². The van der Waals surface area contributed by atoms with E-state index in [0.717, 1.165) is 5.56 Å². The predicted octanol–water partition coefficient (Wildman–Crippen LogP) is 2.74. The first-order valence-electron chi connectivity index (χ1n) is 6.34. The van der Waals surface area contributed by atoms with Gasteiger partial charge in [-0.3, -0.25) is 0 Å². The lowest BCUT2D eigenvalue weighted by Crippen LogP contribution is -2.15. The molecule has 0 radical (unpaired) electrons. The first kappa shape index (κ1) is 15.8. The van der Waals surface area contributed by atoms with Crippen LogP contribution in [0, 0.1) is 0 Å². The van der Waals surface area contributed by atoms with Crippen molar-refractivity contribution in [3.8, 4) is 5.75 Å². The van der Waals surface area contributed by atoms with Gasteiger partial charge in [0.1, 0.15) is 5.75 Å². The van der Waals surface area contributed by atoms with E-state index in [1.165, 1.54) is 6.26 Å². The van der Waals surface area contributed by atoms with Crippen LogP contribution in [0.25, 0.3) is 0 Å². The van der Waals surface area contributed by atoms with Gasteiger partial charge in [0.15, 0.2) is 9.84 Å². The third-order valence-electron chi connectivity index (χ3n) is 3.04. The highest BCUT2D eigenvalue weighted by molar-refractivity contribution is 7.90. The zero-order valence-corrected chi connectivity index (χ0v) is 13.1. The summed E-state index contributed by atoms with van der Waals surface area (Å²) in [5.74, 6) is 0.212. The molecule has 2 aromatic carbocycles. The Labute approximate surface area is 129 Å². The van der Waals surface area contributed by atoms with Crippen LogP contribution < -0.4 is 5.32 Å². The molecule has 2 aromatic rings. The smallest absolute Gasteiger partial charge is 0.175 e. The summed E-state index contributed by atoms with van der Waals surface area (Å²) in [5.41, 5.74) is 1.56. The highest BCUT2D eigenvalue weighted by Gasteiger charge is 2.15. The van der Waals surface area contributed by atoms with Gasteiger partial charge in [0, 0.05) is 29.9 Å². The second-order valence-corrected chi connectivity index (χ2v) is 7.15. The minimum absolute atomic E-state index is 0.212. The Balaban J connectivity index is 2.11. The molecule has 0 amide bonds. The van der Waals surface area contributed by atoms with Crippen molar-refractivity contribution in [1.29, 1.82) is 0 Å². The van der Waals surface area contributed by atoms with Crippen LogP contribution in [0.15, 0.2) is 47.4 Å². The van der Waals surface area contributed by atoms with Crippen molar-refractivity contribution in [2.45, 2.75) is 18.0 Å². The van der Waals surface area contributed by atoms with Crippen LogP contribution in [0.1, 0.15) is 11.1 Å². The molecule has 0 bridgehead atoms. The second-order valence-electron chi connectivity index (χ2n) is 4.76. The van der Waals surface area contributed by atoms with Crippen molar-refractivity contribution in [3.05, 3.63) is 58.6 Å². The van der Waals surface area contributed by atoms with Crippen LogP contribution in [0.5, 0.6) is 5.75 Å². The lowest BCUT2D eigenvalue weighted by atomic mass is 10.2. The van der Waals surface area contributed by atoms with Gasteiger partial charge in [0.2, 0.25) is 0 Å². The molecule has 0 aromatic heterocycles. The summed E-state index contributed by atoms with van der Waals surface area (Å²) < 4.78 is 23.5. The van der Waals surface area contributed by atoms with Crippen molar-refractivity contribution in [1.82, 2.24) is 5.32 Å². The van der Waals surface area contributed by atoms with Crippen LogP contribution in [0.2, 0.25) is 5.02 Å². The normalized spacial score (nSPS) is 11.5. The number of sulfone groups is 1. The topological polar surface area (TPSA) is 66.4 Å². The number of aromatic hydroxyl groups is 1. The van der Waals surface area contributed by atoms with Crippen LogP contribution in [-0.2, 0) is 22.9 Å². The highest BCUT2D eigenvalue weighted by atomic mass is 35.5. The Morgan fingerprint density at radius 1 is 1.10 bits per heavy atom. The molecule has 0 heterocycles.